The van der Waals surface area contributed by atoms with E-state index in [9.17, 15) is 0 Å². The standard InChI is InChI=1S/C6H3Cl2N3O/c7-3-1-2-4(9)10-6(8)11-5(2)12-3/h1H,(H2,9,10,11). The fourth-order valence-corrected chi connectivity index (χ4v) is 1.24. The van der Waals surface area contributed by atoms with Gasteiger partial charge in [-0.3, -0.25) is 0 Å². The first-order chi connectivity index (χ1) is 5.66. The van der Waals surface area contributed by atoms with Crippen LogP contribution < -0.4 is 5.73 Å². The van der Waals surface area contributed by atoms with Crippen LogP contribution in [-0.4, -0.2) is 9.97 Å². The first-order valence-electron chi connectivity index (χ1n) is 3.05. The molecule has 0 aliphatic rings. The summed E-state index contributed by atoms with van der Waals surface area (Å²) in [5, 5.41) is 0.837. The van der Waals surface area contributed by atoms with E-state index in [1.165, 1.54) is 0 Å². The van der Waals surface area contributed by atoms with Gasteiger partial charge in [-0.2, -0.15) is 4.98 Å². The van der Waals surface area contributed by atoms with E-state index >= 15 is 0 Å². The van der Waals surface area contributed by atoms with Gasteiger partial charge in [-0.05, 0) is 23.2 Å². The number of rotatable bonds is 0. The number of aromatic nitrogens is 2. The maximum atomic E-state index is 5.57. The van der Waals surface area contributed by atoms with Crippen LogP contribution in [0.3, 0.4) is 0 Å². The van der Waals surface area contributed by atoms with Gasteiger partial charge in [0.2, 0.25) is 11.0 Å². The van der Waals surface area contributed by atoms with Crippen molar-refractivity contribution in [3.63, 3.8) is 0 Å². The smallest absolute Gasteiger partial charge is 0.234 e. The van der Waals surface area contributed by atoms with E-state index in [0.717, 1.165) is 0 Å². The number of nitrogens with two attached hydrogens (primary N) is 1. The van der Waals surface area contributed by atoms with E-state index < -0.39 is 0 Å². The molecule has 12 heavy (non-hydrogen) atoms. The van der Waals surface area contributed by atoms with Crippen molar-refractivity contribution in [1.82, 2.24) is 9.97 Å². The van der Waals surface area contributed by atoms with Crippen molar-refractivity contribution in [3.05, 3.63) is 16.6 Å². The molecule has 4 nitrogen and oxygen atoms in total. The highest BCUT2D eigenvalue weighted by Crippen LogP contribution is 2.25. The number of halogens is 2. The van der Waals surface area contributed by atoms with E-state index in [4.69, 9.17) is 33.4 Å². The Kier molecular flexibility index (Phi) is 1.59. The van der Waals surface area contributed by atoms with Crippen LogP contribution >= 0.6 is 23.2 Å². The topological polar surface area (TPSA) is 64.9 Å². The Balaban J connectivity index is 2.88. The molecule has 0 aromatic carbocycles. The maximum absolute atomic E-state index is 5.57. The van der Waals surface area contributed by atoms with Gasteiger partial charge in [-0.1, -0.05) is 0 Å². The number of hydrogen-bond donors (Lipinski definition) is 1. The zero-order chi connectivity index (χ0) is 8.72. The molecule has 0 aliphatic carbocycles. The summed E-state index contributed by atoms with van der Waals surface area (Å²) < 4.78 is 4.98. The predicted molar refractivity (Wildman–Crippen MR) is 46.2 cm³/mol. The van der Waals surface area contributed by atoms with Gasteiger partial charge in [0.25, 0.3) is 0 Å². The molecule has 62 valence electrons. The largest absolute Gasteiger partial charge is 0.426 e. The number of hydrogen-bond acceptors (Lipinski definition) is 4. The quantitative estimate of drug-likeness (QED) is 0.667. The third kappa shape index (κ3) is 1.09. The van der Waals surface area contributed by atoms with Crippen LogP contribution in [-0.2, 0) is 0 Å². The van der Waals surface area contributed by atoms with Gasteiger partial charge in [0.05, 0.1) is 5.39 Å². The molecule has 2 heterocycles. The Morgan fingerprint density at radius 3 is 2.83 bits per heavy atom. The van der Waals surface area contributed by atoms with Crippen LogP contribution in [0.1, 0.15) is 0 Å². The van der Waals surface area contributed by atoms with Crippen LogP contribution in [0.2, 0.25) is 10.5 Å². The fraction of sp³-hybridized carbons (Fsp3) is 0. The van der Waals surface area contributed by atoms with Crippen molar-refractivity contribution in [2.24, 2.45) is 0 Å². The summed E-state index contributed by atoms with van der Waals surface area (Å²) in [6, 6.07) is 1.54. The SMILES string of the molecule is Nc1nc(Cl)nc2oc(Cl)cc12. The highest BCUT2D eigenvalue weighted by atomic mass is 35.5. The molecule has 0 bridgehead atoms. The summed E-state index contributed by atoms with van der Waals surface area (Å²) in [6.07, 6.45) is 0. The second-order valence-electron chi connectivity index (χ2n) is 2.15. The molecular formula is C6H3Cl2N3O. The van der Waals surface area contributed by atoms with Crippen molar-refractivity contribution in [2.45, 2.75) is 0 Å². The molecule has 0 saturated carbocycles. The Bertz CT molecular complexity index is 440. The average molecular weight is 204 g/mol. The summed E-state index contributed by atoms with van der Waals surface area (Å²) in [5.74, 6) is 0.264. The number of fused-ring (bicyclic) bond motifs is 1. The van der Waals surface area contributed by atoms with Crippen LogP contribution in [0.4, 0.5) is 5.82 Å². The highest BCUT2D eigenvalue weighted by molar-refractivity contribution is 6.30. The summed E-state index contributed by atoms with van der Waals surface area (Å²) >= 11 is 11.1. The molecule has 0 unspecified atom stereocenters. The lowest BCUT2D eigenvalue weighted by Gasteiger charge is -1.92. The van der Waals surface area contributed by atoms with Crippen LogP contribution in [0.5, 0.6) is 0 Å². The van der Waals surface area contributed by atoms with E-state index in [1.807, 2.05) is 0 Å². The molecular weight excluding hydrogens is 201 g/mol. The number of anilines is 1. The molecule has 2 aromatic rings. The van der Waals surface area contributed by atoms with Crippen molar-refractivity contribution in [2.75, 3.05) is 5.73 Å². The Morgan fingerprint density at radius 2 is 2.08 bits per heavy atom. The molecule has 0 fully saturated rings. The number of nitrogens with zero attached hydrogens (tertiary/aromatic N) is 2. The zero-order valence-corrected chi connectivity index (χ0v) is 7.23. The minimum Gasteiger partial charge on any atom is -0.426 e. The van der Waals surface area contributed by atoms with E-state index in [1.54, 1.807) is 6.07 Å². The third-order valence-corrected chi connectivity index (χ3v) is 1.72. The van der Waals surface area contributed by atoms with Crippen molar-refractivity contribution in [3.8, 4) is 0 Å². The number of nitrogen functional groups attached to an aromatic ring is 1. The summed E-state index contributed by atoms with van der Waals surface area (Å²) in [6.45, 7) is 0. The van der Waals surface area contributed by atoms with Crippen LogP contribution in [0.15, 0.2) is 10.5 Å². The lowest BCUT2D eigenvalue weighted by Crippen LogP contribution is -1.92. The molecule has 0 spiro atoms. The second-order valence-corrected chi connectivity index (χ2v) is 2.86. The second kappa shape index (κ2) is 2.50. The van der Waals surface area contributed by atoms with Gasteiger partial charge in [-0.15, -0.1) is 0 Å². The predicted octanol–water partition coefficient (Wildman–Crippen LogP) is 2.11. The summed E-state index contributed by atoms with van der Waals surface area (Å²) in [7, 11) is 0. The molecule has 6 heteroatoms. The first kappa shape index (κ1) is 7.64. The average Bonchev–Trinajstić information content (AvgIpc) is 2.29. The minimum atomic E-state index is 0.0472. The highest BCUT2D eigenvalue weighted by Gasteiger charge is 2.08. The Labute approximate surface area is 77.3 Å². The van der Waals surface area contributed by atoms with Crippen molar-refractivity contribution < 1.29 is 4.42 Å². The summed E-state index contributed by atoms with van der Waals surface area (Å²) in [5.41, 5.74) is 5.82. The van der Waals surface area contributed by atoms with E-state index in [0.29, 0.717) is 11.1 Å². The molecule has 0 aliphatic heterocycles. The first-order valence-corrected chi connectivity index (χ1v) is 3.80. The Morgan fingerprint density at radius 1 is 1.33 bits per heavy atom. The molecule has 2 rings (SSSR count). The molecule has 0 radical (unpaired) electrons. The van der Waals surface area contributed by atoms with Gasteiger partial charge >= 0.3 is 0 Å². The fourth-order valence-electron chi connectivity index (χ4n) is 0.887. The lowest BCUT2D eigenvalue weighted by molar-refractivity contribution is 0.604. The van der Waals surface area contributed by atoms with Crippen molar-refractivity contribution in [1.29, 1.82) is 0 Å². The van der Waals surface area contributed by atoms with Gasteiger partial charge in [0, 0.05) is 6.07 Å². The molecule has 2 N–H and O–H groups in total. The van der Waals surface area contributed by atoms with Crippen LogP contribution in [0.25, 0.3) is 11.1 Å². The monoisotopic (exact) mass is 203 g/mol. The Hall–Kier alpha value is -1.00. The lowest BCUT2D eigenvalue weighted by atomic mass is 10.4. The zero-order valence-electron chi connectivity index (χ0n) is 5.71. The third-order valence-electron chi connectivity index (χ3n) is 1.36. The minimum absolute atomic E-state index is 0.0472. The van der Waals surface area contributed by atoms with Gasteiger partial charge in [0.1, 0.15) is 5.82 Å². The van der Waals surface area contributed by atoms with Crippen LogP contribution in [0, 0.1) is 0 Å². The van der Waals surface area contributed by atoms with Gasteiger partial charge < -0.3 is 10.2 Å². The molecule has 0 atom stereocenters. The molecule has 0 saturated heterocycles. The van der Waals surface area contributed by atoms with Gasteiger partial charge in [-0.25, -0.2) is 4.98 Å². The molecule has 2 aromatic heterocycles. The molecule has 0 amide bonds. The maximum Gasteiger partial charge on any atom is 0.234 e. The van der Waals surface area contributed by atoms with E-state index in [-0.39, 0.29) is 16.3 Å². The van der Waals surface area contributed by atoms with E-state index in [2.05, 4.69) is 9.97 Å². The summed E-state index contributed by atoms with van der Waals surface area (Å²) in [4.78, 5) is 7.51. The normalized spacial score (nSPS) is 10.8. The number of furan rings is 1. The van der Waals surface area contributed by atoms with Crippen molar-refractivity contribution >= 4 is 40.1 Å². The van der Waals surface area contributed by atoms with Gasteiger partial charge in [0.15, 0.2) is 5.22 Å².